The van der Waals surface area contributed by atoms with Crippen molar-refractivity contribution in [1.82, 2.24) is 0 Å². The van der Waals surface area contributed by atoms with E-state index in [0.29, 0.717) is 5.41 Å². The van der Waals surface area contributed by atoms with Crippen molar-refractivity contribution in [2.45, 2.75) is 54.4 Å². The maximum atomic E-state index is 3.95. The summed E-state index contributed by atoms with van der Waals surface area (Å²) in [5.41, 5.74) is 1.65. The Labute approximate surface area is 72.7 Å². The minimum Gasteiger partial charge on any atom is -0.0996 e. The van der Waals surface area contributed by atoms with Gasteiger partial charge in [-0.25, -0.2) is 0 Å². The fourth-order valence-electron chi connectivity index (χ4n) is 0.838. The zero-order valence-corrected chi connectivity index (χ0v) is 9.12. The highest BCUT2D eigenvalue weighted by atomic mass is 14.2. The van der Waals surface area contributed by atoms with Gasteiger partial charge in [-0.2, -0.15) is 0 Å². The summed E-state index contributed by atoms with van der Waals surface area (Å²) in [5, 5.41) is 0. The summed E-state index contributed by atoms with van der Waals surface area (Å²) >= 11 is 0. The van der Waals surface area contributed by atoms with E-state index in [2.05, 4.69) is 34.3 Å². The van der Waals surface area contributed by atoms with E-state index < -0.39 is 0 Å². The molecule has 0 saturated carbocycles. The van der Waals surface area contributed by atoms with Crippen LogP contribution < -0.4 is 0 Å². The second-order valence-corrected chi connectivity index (χ2v) is 3.41. The maximum absolute atomic E-state index is 3.95. The maximum Gasteiger partial charge on any atom is -0.0150 e. The zero-order valence-electron chi connectivity index (χ0n) is 9.12. The molecule has 0 heteroatoms. The second-order valence-electron chi connectivity index (χ2n) is 3.41. The predicted octanol–water partition coefficient (Wildman–Crippen LogP) is 4.42. The molecule has 0 amide bonds. The van der Waals surface area contributed by atoms with Crippen molar-refractivity contribution in [1.29, 1.82) is 0 Å². The zero-order chi connectivity index (χ0) is 9.49. The second kappa shape index (κ2) is 6.45. The monoisotopic (exact) mass is 156 g/mol. The van der Waals surface area contributed by atoms with Gasteiger partial charge in [0.2, 0.25) is 0 Å². The molecule has 0 aromatic rings. The molecule has 0 saturated heterocycles. The summed E-state index contributed by atoms with van der Waals surface area (Å²) in [6, 6.07) is 0. The lowest BCUT2D eigenvalue weighted by atomic mass is 9.82. The Bertz CT molecular complexity index is 98.6. The van der Waals surface area contributed by atoms with Gasteiger partial charge in [0.05, 0.1) is 0 Å². The lowest BCUT2D eigenvalue weighted by Gasteiger charge is -2.23. The third kappa shape index (κ3) is 6.15. The summed E-state index contributed by atoms with van der Waals surface area (Å²) in [6.07, 6.45) is 2.50. The van der Waals surface area contributed by atoms with Crippen LogP contribution in [0.2, 0.25) is 0 Å². The summed E-state index contributed by atoms with van der Waals surface area (Å²) < 4.78 is 0. The normalized spacial score (nSPS) is 10.0. The van der Waals surface area contributed by atoms with Gasteiger partial charge in [0, 0.05) is 0 Å². The van der Waals surface area contributed by atoms with Crippen LogP contribution in [-0.4, -0.2) is 0 Å². The van der Waals surface area contributed by atoms with Crippen LogP contribution in [0.15, 0.2) is 12.2 Å². The molecule has 11 heavy (non-hydrogen) atoms. The largest absolute Gasteiger partial charge is 0.0996 e. The number of allylic oxidation sites excluding steroid dienone is 1. The van der Waals surface area contributed by atoms with Crippen molar-refractivity contribution in [2.75, 3.05) is 0 Å². The third-order valence-electron chi connectivity index (χ3n) is 2.03. The Morgan fingerprint density at radius 1 is 1.27 bits per heavy atom. The van der Waals surface area contributed by atoms with Crippen LogP contribution in [-0.2, 0) is 0 Å². The molecule has 0 fully saturated rings. The molecule has 68 valence electrons. The van der Waals surface area contributed by atoms with Gasteiger partial charge < -0.3 is 0 Å². The van der Waals surface area contributed by atoms with Crippen LogP contribution >= 0.6 is 0 Å². The fourth-order valence-corrected chi connectivity index (χ4v) is 0.838. The molecule has 0 rings (SSSR count). The molecule has 0 heterocycles. The Hall–Kier alpha value is -0.260. The Kier molecular flexibility index (Phi) is 7.82. The van der Waals surface area contributed by atoms with E-state index >= 15 is 0 Å². The number of hydrogen-bond acceptors (Lipinski definition) is 0. The molecule has 0 aliphatic rings. The van der Waals surface area contributed by atoms with E-state index in [1.807, 2.05) is 13.8 Å². The summed E-state index contributed by atoms with van der Waals surface area (Å²) in [7, 11) is 0. The lowest BCUT2D eigenvalue weighted by molar-refractivity contribution is 0.404. The average Bonchev–Trinajstić information content (AvgIpc) is 1.92. The molecule has 0 spiro atoms. The molecule has 0 aliphatic carbocycles. The first-order valence-electron chi connectivity index (χ1n) is 4.66. The number of rotatable bonds is 3. The lowest BCUT2D eigenvalue weighted by Crippen LogP contribution is -2.10. The molecule has 0 unspecified atom stereocenters. The quantitative estimate of drug-likeness (QED) is 0.531. The molecule has 0 aromatic carbocycles. The highest BCUT2D eigenvalue weighted by Crippen LogP contribution is 2.29. The van der Waals surface area contributed by atoms with Crippen molar-refractivity contribution < 1.29 is 0 Å². The molecule has 0 nitrogen and oxygen atoms in total. The van der Waals surface area contributed by atoms with Gasteiger partial charge in [0.15, 0.2) is 0 Å². The van der Waals surface area contributed by atoms with Crippen molar-refractivity contribution in [3.8, 4) is 0 Å². The smallest absolute Gasteiger partial charge is 0.0150 e. The van der Waals surface area contributed by atoms with Gasteiger partial charge in [-0.1, -0.05) is 53.2 Å². The van der Waals surface area contributed by atoms with Crippen molar-refractivity contribution in [3.05, 3.63) is 12.2 Å². The van der Waals surface area contributed by atoms with Gasteiger partial charge in [-0.05, 0) is 18.8 Å². The molecular weight excluding hydrogens is 132 g/mol. The molecule has 0 aliphatic heterocycles. The SMILES string of the molecule is C=C(C)C(C)(C)CCC.CC. The molecular formula is C11H24. The van der Waals surface area contributed by atoms with Crippen LogP contribution in [0.5, 0.6) is 0 Å². The third-order valence-corrected chi connectivity index (χ3v) is 2.03. The van der Waals surface area contributed by atoms with E-state index in [0.717, 1.165) is 0 Å². The first-order valence-corrected chi connectivity index (χ1v) is 4.66. The molecule has 0 atom stereocenters. The van der Waals surface area contributed by atoms with Gasteiger partial charge in [-0.3, -0.25) is 0 Å². The van der Waals surface area contributed by atoms with E-state index in [-0.39, 0.29) is 0 Å². The highest BCUT2D eigenvalue weighted by molar-refractivity contribution is 5.02. The van der Waals surface area contributed by atoms with E-state index in [4.69, 9.17) is 0 Å². The van der Waals surface area contributed by atoms with E-state index in [1.165, 1.54) is 18.4 Å². The van der Waals surface area contributed by atoms with Crippen LogP contribution in [0.25, 0.3) is 0 Å². The first-order chi connectivity index (χ1) is 5.00. The summed E-state index contributed by atoms with van der Waals surface area (Å²) in [5.74, 6) is 0. The first kappa shape index (κ1) is 13.3. The predicted molar refractivity (Wildman–Crippen MR) is 54.9 cm³/mol. The molecule has 0 bridgehead atoms. The minimum atomic E-state index is 0.356. The minimum absolute atomic E-state index is 0.356. The van der Waals surface area contributed by atoms with E-state index in [9.17, 15) is 0 Å². The van der Waals surface area contributed by atoms with Crippen molar-refractivity contribution >= 4 is 0 Å². The fraction of sp³-hybridized carbons (Fsp3) is 0.818. The van der Waals surface area contributed by atoms with Crippen molar-refractivity contribution in [3.63, 3.8) is 0 Å². The van der Waals surface area contributed by atoms with Crippen LogP contribution in [0.4, 0.5) is 0 Å². The topological polar surface area (TPSA) is 0 Å². The van der Waals surface area contributed by atoms with Crippen LogP contribution in [0.1, 0.15) is 54.4 Å². The molecule has 0 aromatic heterocycles. The van der Waals surface area contributed by atoms with Crippen molar-refractivity contribution in [2.24, 2.45) is 5.41 Å². The molecule has 0 radical (unpaired) electrons. The summed E-state index contributed by atoms with van der Waals surface area (Å²) in [6.45, 7) is 16.8. The van der Waals surface area contributed by atoms with Gasteiger partial charge >= 0.3 is 0 Å². The standard InChI is InChI=1S/C9H18.C2H6/c1-6-7-9(4,5)8(2)3;1-2/h2,6-7H2,1,3-5H3;1-2H3. The number of hydrogen-bond donors (Lipinski definition) is 0. The van der Waals surface area contributed by atoms with E-state index in [1.54, 1.807) is 0 Å². The van der Waals surface area contributed by atoms with Gasteiger partial charge in [0.1, 0.15) is 0 Å². The van der Waals surface area contributed by atoms with Crippen LogP contribution in [0, 0.1) is 5.41 Å². The Morgan fingerprint density at radius 2 is 1.64 bits per heavy atom. The molecule has 0 N–H and O–H groups in total. The average molecular weight is 156 g/mol. The van der Waals surface area contributed by atoms with Gasteiger partial charge in [-0.15, -0.1) is 0 Å². The Morgan fingerprint density at radius 3 is 1.73 bits per heavy atom. The summed E-state index contributed by atoms with van der Waals surface area (Å²) in [4.78, 5) is 0. The Balaban J connectivity index is 0. The van der Waals surface area contributed by atoms with Crippen LogP contribution in [0.3, 0.4) is 0 Å². The highest BCUT2D eigenvalue weighted by Gasteiger charge is 2.16. The van der Waals surface area contributed by atoms with Gasteiger partial charge in [0.25, 0.3) is 0 Å².